The number of nitrogens with one attached hydrogen (secondary N) is 3. The van der Waals surface area contributed by atoms with Crippen molar-refractivity contribution in [2.24, 2.45) is 0 Å². The Hall–Kier alpha value is -5.67. The predicted molar refractivity (Wildman–Crippen MR) is 223 cm³/mol. The zero-order valence-corrected chi connectivity index (χ0v) is 34.3. The average Bonchev–Trinajstić information content (AvgIpc) is 3.92. The van der Waals surface area contributed by atoms with Gasteiger partial charge in [-0.05, 0) is 48.9 Å². The van der Waals surface area contributed by atoms with Gasteiger partial charge in [0.25, 0.3) is 0 Å². The van der Waals surface area contributed by atoms with Crippen LogP contribution in [-0.4, -0.2) is 76.0 Å². The van der Waals surface area contributed by atoms with Crippen molar-refractivity contribution in [1.82, 2.24) is 35.8 Å². The van der Waals surface area contributed by atoms with Crippen molar-refractivity contribution in [3.05, 3.63) is 129 Å². The first kappa shape index (κ1) is 42.5. The van der Waals surface area contributed by atoms with E-state index in [4.69, 9.17) is 4.74 Å². The number of carbonyl (C=O) groups is 4. The molecular formula is C42H50N8O5S2. The second-order valence-electron chi connectivity index (χ2n) is 14.1. The Balaban J connectivity index is 1.33. The molecule has 15 heteroatoms. The summed E-state index contributed by atoms with van der Waals surface area (Å²) >= 11 is 2.94. The Morgan fingerprint density at radius 2 is 1.46 bits per heavy atom. The van der Waals surface area contributed by atoms with Crippen LogP contribution in [0.3, 0.4) is 0 Å². The molecule has 5 aromatic rings. The molecule has 0 radical (unpaired) electrons. The molecule has 5 amide bonds. The molecule has 3 unspecified atom stereocenters. The number of thiazole rings is 2. The summed E-state index contributed by atoms with van der Waals surface area (Å²) in [6, 6.07) is 22.3. The number of rotatable bonds is 19. The summed E-state index contributed by atoms with van der Waals surface area (Å²) in [4.78, 5) is 71.2. The SMILES string of the molecule is CC(C)c1nc(CN(C)C(=O)NC(CC(=O)N(C)c2ccccn2)C(=O)NC(CCC(Cc2ccccc2)NC(=O)OCc2cncs2)Cc2ccccc2)cs1. The molecule has 13 nitrogen and oxygen atoms in total. The molecule has 300 valence electrons. The zero-order valence-electron chi connectivity index (χ0n) is 32.7. The molecular weight excluding hydrogens is 761 g/mol. The van der Waals surface area contributed by atoms with E-state index in [1.54, 1.807) is 50.2 Å². The van der Waals surface area contributed by atoms with Crippen molar-refractivity contribution in [3.8, 4) is 0 Å². The van der Waals surface area contributed by atoms with Gasteiger partial charge in [0, 0.05) is 49.9 Å². The lowest BCUT2D eigenvalue weighted by atomic mass is 9.95. The first-order valence-corrected chi connectivity index (χ1v) is 20.6. The van der Waals surface area contributed by atoms with E-state index in [9.17, 15) is 19.2 Å². The van der Waals surface area contributed by atoms with Crippen LogP contribution in [0, 0.1) is 0 Å². The average molecular weight is 811 g/mol. The lowest BCUT2D eigenvalue weighted by Gasteiger charge is -2.27. The molecule has 3 aromatic heterocycles. The number of anilines is 1. The van der Waals surface area contributed by atoms with Gasteiger partial charge in [-0.1, -0.05) is 80.6 Å². The maximum Gasteiger partial charge on any atom is 0.407 e. The van der Waals surface area contributed by atoms with Crippen LogP contribution in [0.5, 0.6) is 0 Å². The van der Waals surface area contributed by atoms with Crippen molar-refractivity contribution in [1.29, 1.82) is 0 Å². The maximum absolute atomic E-state index is 14.3. The standard InChI is InChI=1S/C42H50N8O5S2/c1-29(2)40-46-34(27-56-40)25-49(3)41(53)48-36(23-38(51)50(4)37-17-11-12-20-44-37)39(52)45-32(21-30-13-7-5-8-14-30)18-19-33(22-31-15-9-6-10-16-31)47-42(54)55-26-35-24-43-28-57-35/h5-17,20,24,27-29,32-33,36H,18-19,21-23,25-26H2,1-4H3,(H,45,52)(H,47,54)(H,48,53). The van der Waals surface area contributed by atoms with Crippen LogP contribution < -0.4 is 20.9 Å². The molecule has 0 spiro atoms. The molecule has 57 heavy (non-hydrogen) atoms. The third-order valence-electron chi connectivity index (χ3n) is 9.18. The minimum atomic E-state index is -1.21. The van der Waals surface area contributed by atoms with Gasteiger partial charge in [-0.25, -0.2) is 19.6 Å². The van der Waals surface area contributed by atoms with Crippen molar-refractivity contribution >= 4 is 52.4 Å². The topological polar surface area (TPSA) is 159 Å². The largest absolute Gasteiger partial charge is 0.444 e. The third-order valence-corrected chi connectivity index (χ3v) is 11.1. The van der Waals surface area contributed by atoms with Gasteiger partial charge < -0.3 is 25.6 Å². The number of urea groups is 1. The van der Waals surface area contributed by atoms with E-state index >= 15 is 0 Å². The summed E-state index contributed by atoms with van der Waals surface area (Å²) in [5, 5.41) is 11.9. The highest BCUT2D eigenvalue weighted by Gasteiger charge is 2.30. The number of aromatic nitrogens is 3. The number of nitrogens with zero attached hydrogens (tertiary/aromatic N) is 5. The van der Waals surface area contributed by atoms with E-state index in [-0.39, 0.29) is 31.5 Å². The number of amides is 5. The Labute approximate surface area is 341 Å². The highest BCUT2D eigenvalue weighted by molar-refractivity contribution is 7.09. The summed E-state index contributed by atoms with van der Waals surface area (Å²) < 4.78 is 5.51. The Kier molecular flexibility index (Phi) is 16.1. The first-order chi connectivity index (χ1) is 27.5. The molecule has 0 saturated carbocycles. The second-order valence-corrected chi connectivity index (χ2v) is 15.9. The van der Waals surface area contributed by atoms with Gasteiger partial charge in [0.15, 0.2) is 0 Å². The van der Waals surface area contributed by atoms with E-state index in [0.717, 1.165) is 26.7 Å². The van der Waals surface area contributed by atoms with Crippen LogP contribution in [0.2, 0.25) is 0 Å². The molecule has 0 fully saturated rings. The number of alkyl carbamates (subject to hydrolysis) is 1. The van der Waals surface area contributed by atoms with Crippen molar-refractivity contribution in [3.63, 3.8) is 0 Å². The zero-order chi connectivity index (χ0) is 40.6. The minimum Gasteiger partial charge on any atom is -0.444 e. The van der Waals surface area contributed by atoms with Gasteiger partial charge in [-0.2, -0.15) is 0 Å². The van der Waals surface area contributed by atoms with Gasteiger partial charge in [0.1, 0.15) is 18.5 Å². The number of hydrogen-bond acceptors (Lipinski definition) is 10. The Morgan fingerprint density at radius 3 is 2.04 bits per heavy atom. The molecule has 3 atom stereocenters. The van der Waals surface area contributed by atoms with Gasteiger partial charge >= 0.3 is 12.1 Å². The van der Waals surface area contributed by atoms with Crippen molar-refractivity contribution in [2.75, 3.05) is 19.0 Å². The Morgan fingerprint density at radius 1 is 0.807 bits per heavy atom. The van der Waals surface area contributed by atoms with E-state index in [1.807, 2.05) is 66.0 Å². The van der Waals surface area contributed by atoms with Crippen LogP contribution in [0.1, 0.15) is 65.7 Å². The molecule has 3 heterocycles. The summed E-state index contributed by atoms with van der Waals surface area (Å²) in [5.74, 6) is -0.234. The summed E-state index contributed by atoms with van der Waals surface area (Å²) in [7, 11) is 3.21. The molecule has 0 bridgehead atoms. The van der Waals surface area contributed by atoms with Crippen LogP contribution in [0.15, 0.2) is 102 Å². The normalized spacial score (nSPS) is 12.6. The van der Waals surface area contributed by atoms with Gasteiger partial charge in [0.05, 0.1) is 34.1 Å². The van der Waals surface area contributed by atoms with Gasteiger partial charge in [-0.3, -0.25) is 19.5 Å². The van der Waals surface area contributed by atoms with Crippen molar-refractivity contribution < 1.29 is 23.9 Å². The van der Waals surface area contributed by atoms with Crippen LogP contribution in [0.25, 0.3) is 0 Å². The number of benzene rings is 2. The first-order valence-electron chi connectivity index (χ1n) is 18.9. The number of carbonyl (C=O) groups excluding carboxylic acids is 4. The number of ether oxygens (including phenoxy) is 1. The van der Waals surface area contributed by atoms with Crippen LogP contribution in [-0.2, 0) is 40.3 Å². The lowest BCUT2D eigenvalue weighted by molar-refractivity contribution is -0.127. The molecule has 5 rings (SSSR count). The molecule has 3 N–H and O–H groups in total. The number of pyridine rings is 1. The number of hydrogen-bond donors (Lipinski definition) is 3. The molecule has 0 aliphatic rings. The van der Waals surface area contributed by atoms with E-state index in [1.165, 1.54) is 32.5 Å². The minimum absolute atomic E-state index is 0.112. The maximum atomic E-state index is 14.3. The fourth-order valence-corrected chi connectivity index (χ4v) is 7.38. The highest BCUT2D eigenvalue weighted by atomic mass is 32.1. The Bertz CT molecular complexity index is 2000. The third kappa shape index (κ3) is 13.8. The summed E-state index contributed by atoms with van der Waals surface area (Å²) in [5.41, 5.74) is 4.45. The monoisotopic (exact) mass is 810 g/mol. The summed E-state index contributed by atoms with van der Waals surface area (Å²) in [6.45, 7) is 4.46. The van der Waals surface area contributed by atoms with Crippen LogP contribution in [0.4, 0.5) is 15.4 Å². The second kappa shape index (κ2) is 21.6. The van der Waals surface area contributed by atoms with Gasteiger partial charge in [0.2, 0.25) is 11.8 Å². The van der Waals surface area contributed by atoms with Crippen molar-refractivity contribution in [2.45, 2.75) is 83.1 Å². The lowest BCUT2D eigenvalue weighted by Crippen LogP contribution is -2.54. The quantitative estimate of drug-likeness (QED) is 0.0829. The highest BCUT2D eigenvalue weighted by Crippen LogP contribution is 2.20. The molecule has 0 aliphatic carbocycles. The van der Waals surface area contributed by atoms with E-state index in [2.05, 4.69) is 44.7 Å². The molecule has 0 aliphatic heterocycles. The van der Waals surface area contributed by atoms with Gasteiger partial charge in [-0.15, -0.1) is 22.7 Å². The van der Waals surface area contributed by atoms with E-state index < -0.39 is 36.0 Å². The smallest absolute Gasteiger partial charge is 0.407 e. The van der Waals surface area contributed by atoms with E-state index in [0.29, 0.717) is 31.5 Å². The summed E-state index contributed by atoms with van der Waals surface area (Å²) in [6.07, 6.45) is 4.37. The molecule has 0 saturated heterocycles. The fourth-order valence-electron chi connectivity index (χ4n) is 6.05. The van der Waals surface area contributed by atoms with Crippen LogP contribution >= 0.6 is 22.7 Å². The predicted octanol–water partition coefficient (Wildman–Crippen LogP) is 6.73. The molecule has 2 aromatic carbocycles. The fraction of sp³-hybridized carbons (Fsp3) is 0.357.